The normalized spacial score (nSPS) is 31.0. The van der Waals surface area contributed by atoms with E-state index in [9.17, 15) is 15.0 Å². The predicted molar refractivity (Wildman–Crippen MR) is 80.1 cm³/mol. The van der Waals surface area contributed by atoms with Gasteiger partial charge in [0.25, 0.3) is 0 Å². The Hall–Kier alpha value is -1.52. The van der Waals surface area contributed by atoms with Gasteiger partial charge in [0.1, 0.15) is 0 Å². The predicted octanol–water partition coefficient (Wildman–Crippen LogP) is 4.26. The molecule has 112 valence electrons. The molecule has 0 aromatic carbocycles. The van der Waals surface area contributed by atoms with Gasteiger partial charge in [-0.15, -0.1) is 4.91 Å². The number of rotatable bonds is 2. The van der Waals surface area contributed by atoms with E-state index in [2.05, 4.69) is 25.1 Å². The molecule has 0 saturated heterocycles. The number of nitrogens with zero attached hydrogens (tertiary/aromatic N) is 2. The Labute approximate surface area is 120 Å². The monoisotopic (exact) mass is 280 g/mol. The third-order valence-corrected chi connectivity index (χ3v) is 4.07. The van der Waals surface area contributed by atoms with Crippen LogP contribution in [0.1, 0.15) is 53.4 Å². The third-order valence-electron chi connectivity index (χ3n) is 4.07. The topological polar surface area (TPSA) is 72.6 Å². The van der Waals surface area contributed by atoms with Crippen molar-refractivity contribution >= 4 is 0 Å². The Kier molecular flexibility index (Phi) is 5.20. The van der Waals surface area contributed by atoms with E-state index in [-0.39, 0.29) is 10.3 Å². The molecule has 5 nitrogen and oxygen atoms in total. The molecule has 0 amide bonds. The molecule has 2 atom stereocenters. The smallest absolute Gasteiger partial charge is 0.241 e. The number of allylic oxidation sites excluding steroid dienone is 3. The van der Waals surface area contributed by atoms with Gasteiger partial charge in [-0.1, -0.05) is 42.8 Å². The zero-order chi connectivity index (χ0) is 15.4. The average Bonchev–Trinajstić information content (AvgIpc) is 2.37. The Morgan fingerprint density at radius 3 is 2.55 bits per heavy atom. The van der Waals surface area contributed by atoms with Gasteiger partial charge in [0, 0.05) is 17.8 Å². The zero-order valence-electron chi connectivity index (χ0n) is 12.8. The lowest BCUT2D eigenvalue weighted by molar-refractivity contribution is -0.533. The molecule has 0 fully saturated rings. The standard InChI is InChI=1S/C15H24N2O3/c1-12-6-7-13(17(19)20)15(4,16-18)10-5-9-14(2,3)11-8-12/h5,8-9,13H,6-7,10-11H2,1-4H3. The highest BCUT2D eigenvalue weighted by Crippen LogP contribution is 2.31. The van der Waals surface area contributed by atoms with Crippen molar-refractivity contribution in [2.75, 3.05) is 0 Å². The molecule has 0 bridgehead atoms. The van der Waals surface area contributed by atoms with Crippen molar-refractivity contribution in [3.63, 3.8) is 0 Å². The van der Waals surface area contributed by atoms with Gasteiger partial charge in [0.05, 0.1) is 0 Å². The van der Waals surface area contributed by atoms with Crippen molar-refractivity contribution < 1.29 is 4.92 Å². The Bertz CT molecular complexity index is 440. The molecule has 0 heterocycles. The van der Waals surface area contributed by atoms with Crippen LogP contribution in [0.3, 0.4) is 0 Å². The highest BCUT2D eigenvalue weighted by Gasteiger charge is 2.43. The number of nitro groups is 1. The quantitative estimate of drug-likeness (QED) is 0.328. The molecular formula is C15H24N2O3. The van der Waals surface area contributed by atoms with Gasteiger partial charge in [-0.05, 0) is 32.1 Å². The fraction of sp³-hybridized carbons (Fsp3) is 0.733. The molecule has 5 heteroatoms. The fourth-order valence-corrected chi connectivity index (χ4v) is 2.47. The van der Waals surface area contributed by atoms with Crippen LogP contribution in [0.5, 0.6) is 0 Å². The van der Waals surface area contributed by atoms with Gasteiger partial charge < -0.3 is 0 Å². The molecule has 0 aliphatic heterocycles. The van der Waals surface area contributed by atoms with E-state index >= 15 is 0 Å². The minimum absolute atomic E-state index is 0.0144. The first kappa shape index (κ1) is 16.5. The first-order chi connectivity index (χ1) is 9.20. The largest absolute Gasteiger partial charge is 0.264 e. The fourth-order valence-electron chi connectivity index (χ4n) is 2.47. The second kappa shape index (κ2) is 6.29. The summed E-state index contributed by atoms with van der Waals surface area (Å²) in [5.41, 5.74) is -0.0614. The lowest BCUT2D eigenvalue weighted by atomic mass is 9.85. The van der Waals surface area contributed by atoms with E-state index in [0.29, 0.717) is 19.3 Å². The van der Waals surface area contributed by atoms with Gasteiger partial charge in [-0.25, -0.2) is 0 Å². The van der Waals surface area contributed by atoms with Gasteiger partial charge >= 0.3 is 0 Å². The third kappa shape index (κ3) is 4.25. The SMILES string of the molecule is CC1=CCC(C)(C)C=CCC(C)(N=O)C([N+](=O)[O-])CC1. The van der Waals surface area contributed by atoms with E-state index in [1.807, 2.05) is 19.1 Å². The van der Waals surface area contributed by atoms with Crippen molar-refractivity contribution in [1.29, 1.82) is 0 Å². The highest BCUT2D eigenvalue weighted by molar-refractivity contribution is 5.09. The van der Waals surface area contributed by atoms with Crippen LogP contribution in [0.2, 0.25) is 0 Å². The first-order valence-electron chi connectivity index (χ1n) is 7.01. The van der Waals surface area contributed by atoms with Crippen LogP contribution in [0, 0.1) is 20.4 Å². The summed E-state index contributed by atoms with van der Waals surface area (Å²) in [7, 11) is 0. The summed E-state index contributed by atoms with van der Waals surface area (Å²) in [5.74, 6) is 0. The van der Waals surface area contributed by atoms with Crippen molar-refractivity contribution in [3.8, 4) is 0 Å². The summed E-state index contributed by atoms with van der Waals surface area (Å²) in [6, 6.07) is -0.936. The van der Waals surface area contributed by atoms with Crippen molar-refractivity contribution in [1.82, 2.24) is 0 Å². The van der Waals surface area contributed by atoms with Crippen molar-refractivity contribution in [2.45, 2.75) is 65.0 Å². The van der Waals surface area contributed by atoms with Gasteiger partial charge in [-0.2, -0.15) is 0 Å². The van der Waals surface area contributed by atoms with E-state index in [1.165, 1.54) is 0 Å². The molecule has 1 aliphatic carbocycles. The Morgan fingerprint density at radius 2 is 2.00 bits per heavy atom. The van der Waals surface area contributed by atoms with E-state index < -0.39 is 11.6 Å². The second-order valence-electron chi connectivity index (χ2n) is 6.64. The average molecular weight is 280 g/mol. The maximum Gasteiger partial charge on any atom is 0.241 e. The van der Waals surface area contributed by atoms with Crippen LogP contribution in [-0.2, 0) is 0 Å². The van der Waals surface area contributed by atoms with Crippen LogP contribution in [-0.4, -0.2) is 16.5 Å². The molecule has 2 unspecified atom stereocenters. The summed E-state index contributed by atoms with van der Waals surface area (Å²) in [5, 5.41) is 14.4. The Balaban J connectivity index is 3.13. The van der Waals surface area contributed by atoms with E-state index in [1.54, 1.807) is 6.92 Å². The van der Waals surface area contributed by atoms with Crippen molar-refractivity contribution in [3.05, 3.63) is 38.8 Å². The maximum atomic E-state index is 11.3. The molecule has 1 aliphatic rings. The van der Waals surface area contributed by atoms with Gasteiger partial charge in [0.2, 0.25) is 6.04 Å². The minimum atomic E-state index is -1.18. The molecule has 0 radical (unpaired) electrons. The minimum Gasteiger partial charge on any atom is -0.264 e. The lowest BCUT2D eigenvalue weighted by Gasteiger charge is -2.24. The summed E-state index contributed by atoms with van der Waals surface area (Å²) in [6.07, 6.45) is 8.22. The molecule has 1 rings (SSSR count). The number of hydrogen-bond donors (Lipinski definition) is 0. The number of nitroso groups, excluding NO2 is 1. The Morgan fingerprint density at radius 1 is 1.35 bits per heavy atom. The van der Waals surface area contributed by atoms with E-state index in [0.717, 1.165) is 12.0 Å². The molecule has 0 aromatic rings. The van der Waals surface area contributed by atoms with Crippen LogP contribution in [0.15, 0.2) is 29.0 Å². The second-order valence-corrected chi connectivity index (χ2v) is 6.64. The molecular weight excluding hydrogens is 256 g/mol. The summed E-state index contributed by atoms with van der Waals surface area (Å²) in [4.78, 5) is 22.1. The summed E-state index contributed by atoms with van der Waals surface area (Å²) >= 11 is 0. The maximum absolute atomic E-state index is 11.3. The molecule has 20 heavy (non-hydrogen) atoms. The summed E-state index contributed by atoms with van der Waals surface area (Å²) < 4.78 is 0. The molecule has 0 aromatic heterocycles. The number of hydrogen-bond acceptors (Lipinski definition) is 4. The van der Waals surface area contributed by atoms with Crippen LogP contribution < -0.4 is 0 Å². The highest BCUT2D eigenvalue weighted by atomic mass is 16.6. The molecule has 0 saturated carbocycles. The molecule has 0 N–H and O–H groups in total. The van der Waals surface area contributed by atoms with Crippen LogP contribution in [0.4, 0.5) is 0 Å². The van der Waals surface area contributed by atoms with E-state index in [4.69, 9.17) is 0 Å². The van der Waals surface area contributed by atoms with Crippen molar-refractivity contribution in [2.24, 2.45) is 10.6 Å². The van der Waals surface area contributed by atoms with Crippen LogP contribution >= 0.6 is 0 Å². The zero-order valence-corrected chi connectivity index (χ0v) is 12.8. The van der Waals surface area contributed by atoms with Gasteiger partial charge in [-0.3, -0.25) is 10.1 Å². The first-order valence-corrected chi connectivity index (χ1v) is 7.01. The summed E-state index contributed by atoms with van der Waals surface area (Å²) in [6.45, 7) is 7.80. The lowest BCUT2D eigenvalue weighted by Crippen LogP contribution is -2.42. The molecule has 0 spiro atoms. The van der Waals surface area contributed by atoms with Gasteiger partial charge in [0.15, 0.2) is 5.54 Å². The van der Waals surface area contributed by atoms with Crippen LogP contribution in [0.25, 0.3) is 0 Å².